The largest absolute Gasteiger partial charge is 0.342 e. The molecule has 1 unspecified atom stereocenters. The quantitative estimate of drug-likeness (QED) is 0.459. The Kier molecular flexibility index (Phi) is 2.85. The molecule has 0 saturated carbocycles. The Labute approximate surface area is 76.3 Å². The van der Waals surface area contributed by atoms with Crippen molar-refractivity contribution in [3.05, 3.63) is 0 Å². The Balaban J connectivity index is 2.54. The minimum Gasteiger partial charge on any atom is -0.342 e. The maximum atomic E-state index is 11.2. The summed E-state index contributed by atoms with van der Waals surface area (Å²) in [6.07, 6.45) is 1.79. The molecule has 1 N–H and O–H groups in total. The Morgan fingerprint density at radius 1 is 1.85 bits per heavy atom. The van der Waals surface area contributed by atoms with Crippen molar-refractivity contribution in [2.24, 2.45) is 5.92 Å². The van der Waals surface area contributed by atoms with Gasteiger partial charge in [0.15, 0.2) is 6.19 Å². The van der Waals surface area contributed by atoms with Gasteiger partial charge in [0.05, 0.1) is 5.92 Å². The standard InChI is InChI=1S/C8H11N3O2/c1-2-11-4-6(3-7(11)12)8(13)10-5-9/h6H,2-4H2,1H3,(H,10,13). The van der Waals surface area contributed by atoms with E-state index < -0.39 is 0 Å². The third-order valence-electron chi connectivity index (χ3n) is 2.15. The van der Waals surface area contributed by atoms with Crippen LogP contribution in [0.15, 0.2) is 0 Å². The number of nitrogens with zero attached hydrogens (tertiary/aromatic N) is 2. The number of nitriles is 1. The SMILES string of the molecule is CCN1CC(C(=O)NC#N)CC1=O. The molecule has 0 aromatic heterocycles. The molecule has 0 aromatic carbocycles. The van der Waals surface area contributed by atoms with Crippen molar-refractivity contribution in [3.63, 3.8) is 0 Å². The zero-order valence-electron chi connectivity index (χ0n) is 7.41. The number of rotatable bonds is 2. The molecular formula is C8H11N3O2. The molecule has 13 heavy (non-hydrogen) atoms. The predicted molar refractivity (Wildman–Crippen MR) is 44.1 cm³/mol. The average molecular weight is 181 g/mol. The fourth-order valence-corrected chi connectivity index (χ4v) is 1.41. The lowest BCUT2D eigenvalue weighted by Crippen LogP contribution is -2.30. The molecule has 0 aromatic rings. The lowest BCUT2D eigenvalue weighted by molar-refractivity contribution is -0.128. The van der Waals surface area contributed by atoms with E-state index in [1.165, 1.54) is 0 Å². The molecule has 1 heterocycles. The summed E-state index contributed by atoms with van der Waals surface area (Å²) in [7, 11) is 0. The molecule has 70 valence electrons. The van der Waals surface area contributed by atoms with E-state index in [1.807, 2.05) is 12.2 Å². The highest BCUT2D eigenvalue weighted by Crippen LogP contribution is 2.16. The van der Waals surface area contributed by atoms with Crippen molar-refractivity contribution in [1.29, 1.82) is 5.26 Å². The molecule has 1 rings (SSSR count). The molecule has 0 bridgehead atoms. The van der Waals surface area contributed by atoms with Crippen LogP contribution in [0.1, 0.15) is 13.3 Å². The third-order valence-corrected chi connectivity index (χ3v) is 2.15. The Bertz CT molecular complexity index is 269. The van der Waals surface area contributed by atoms with Gasteiger partial charge >= 0.3 is 0 Å². The molecule has 0 aliphatic carbocycles. The van der Waals surface area contributed by atoms with Crippen molar-refractivity contribution < 1.29 is 9.59 Å². The predicted octanol–water partition coefficient (Wildman–Crippen LogP) is -0.548. The summed E-state index contributed by atoms with van der Waals surface area (Å²) in [5.41, 5.74) is 0. The van der Waals surface area contributed by atoms with Crippen LogP contribution in [0.3, 0.4) is 0 Å². The van der Waals surface area contributed by atoms with E-state index in [0.29, 0.717) is 13.1 Å². The summed E-state index contributed by atoms with van der Waals surface area (Å²) in [6.45, 7) is 2.92. The van der Waals surface area contributed by atoms with Gasteiger partial charge in [-0.1, -0.05) is 0 Å². The maximum absolute atomic E-state index is 11.2. The zero-order valence-corrected chi connectivity index (χ0v) is 7.41. The van der Waals surface area contributed by atoms with Crippen LogP contribution in [0, 0.1) is 17.4 Å². The van der Waals surface area contributed by atoms with Crippen LogP contribution in [0.2, 0.25) is 0 Å². The first-order valence-electron chi connectivity index (χ1n) is 4.15. The van der Waals surface area contributed by atoms with Gasteiger partial charge in [-0.2, -0.15) is 5.26 Å². The monoisotopic (exact) mass is 181 g/mol. The smallest absolute Gasteiger partial charge is 0.238 e. The van der Waals surface area contributed by atoms with Gasteiger partial charge in [0.1, 0.15) is 0 Å². The second-order valence-electron chi connectivity index (χ2n) is 2.93. The lowest BCUT2D eigenvalue weighted by Gasteiger charge is -2.12. The zero-order chi connectivity index (χ0) is 9.84. The summed E-state index contributed by atoms with van der Waals surface area (Å²) < 4.78 is 0. The fraction of sp³-hybridized carbons (Fsp3) is 0.625. The van der Waals surface area contributed by atoms with E-state index in [0.717, 1.165) is 0 Å². The molecule has 0 radical (unpaired) electrons. The Hall–Kier alpha value is -1.57. The summed E-state index contributed by atoms with van der Waals surface area (Å²) in [5.74, 6) is -0.723. The average Bonchev–Trinajstić information content (AvgIpc) is 2.47. The highest BCUT2D eigenvalue weighted by atomic mass is 16.2. The number of nitrogens with one attached hydrogen (secondary N) is 1. The number of amides is 2. The van der Waals surface area contributed by atoms with Crippen molar-refractivity contribution in [3.8, 4) is 6.19 Å². The Morgan fingerprint density at radius 2 is 2.54 bits per heavy atom. The summed E-state index contributed by atoms with van der Waals surface area (Å²) >= 11 is 0. The van der Waals surface area contributed by atoms with Crippen LogP contribution in [0.25, 0.3) is 0 Å². The van der Waals surface area contributed by atoms with E-state index >= 15 is 0 Å². The minimum absolute atomic E-state index is 0.0133. The molecule has 2 amide bonds. The summed E-state index contributed by atoms with van der Waals surface area (Å²) in [4.78, 5) is 23.9. The van der Waals surface area contributed by atoms with E-state index in [9.17, 15) is 9.59 Å². The number of hydrogen-bond donors (Lipinski definition) is 1. The van der Waals surface area contributed by atoms with Crippen LogP contribution < -0.4 is 5.32 Å². The van der Waals surface area contributed by atoms with Gasteiger partial charge < -0.3 is 4.90 Å². The molecular weight excluding hydrogens is 170 g/mol. The first-order chi connectivity index (χ1) is 6.19. The molecule has 5 heteroatoms. The second-order valence-corrected chi connectivity index (χ2v) is 2.93. The third kappa shape index (κ3) is 1.96. The number of likely N-dealkylation sites (tertiary alicyclic amines) is 1. The molecule has 1 atom stereocenters. The van der Waals surface area contributed by atoms with Gasteiger partial charge in [0.2, 0.25) is 11.8 Å². The molecule has 1 aliphatic heterocycles. The molecule has 1 fully saturated rings. The molecule has 5 nitrogen and oxygen atoms in total. The van der Waals surface area contributed by atoms with Gasteiger partial charge in [-0.25, -0.2) is 0 Å². The van der Waals surface area contributed by atoms with E-state index in [2.05, 4.69) is 0 Å². The van der Waals surface area contributed by atoms with Crippen molar-refractivity contribution in [2.75, 3.05) is 13.1 Å². The highest BCUT2D eigenvalue weighted by Gasteiger charge is 2.33. The summed E-state index contributed by atoms with van der Waals surface area (Å²) in [6, 6.07) is 0. The van der Waals surface area contributed by atoms with E-state index in [1.54, 1.807) is 11.1 Å². The van der Waals surface area contributed by atoms with Crippen molar-refractivity contribution >= 4 is 11.8 Å². The van der Waals surface area contributed by atoms with Crippen LogP contribution in [-0.2, 0) is 9.59 Å². The molecule has 1 saturated heterocycles. The van der Waals surface area contributed by atoms with Crippen LogP contribution >= 0.6 is 0 Å². The molecule has 1 aliphatic rings. The second kappa shape index (κ2) is 3.90. The maximum Gasteiger partial charge on any atom is 0.238 e. The van der Waals surface area contributed by atoms with Crippen LogP contribution in [0.5, 0.6) is 0 Å². The van der Waals surface area contributed by atoms with Gasteiger partial charge in [0, 0.05) is 19.5 Å². The van der Waals surface area contributed by atoms with Crippen molar-refractivity contribution in [2.45, 2.75) is 13.3 Å². The van der Waals surface area contributed by atoms with Gasteiger partial charge in [-0.05, 0) is 6.92 Å². The lowest BCUT2D eigenvalue weighted by atomic mass is 10.1. The van der Waals surface area contributed by atoms with Crippen LogP contribution in [0.4, 0.5) is 0 Å². The summed E-state index contributed by atoms with van der Waals surface area (Å²) in [5, 5.41) is 10.2. The minimum atomic E-state index is -0.355. The first-order valence-corrected chi connectivity index (χ1v) is 4.15. The number of carbonyl (C=O) groups is 2. The Morgan fingerprint density at radius 3 is 3.00 bits per heavy atom. The normalized spacial score (nSPS) is 21.4. The first kappa shape index (κ1) is 9.52. The number of hydrogen-bond acceptors (Lipinski definition) is 3. The van der Waals surface area contributed by atoms with Gasteiger partial charge in [-0.3, -0.25) is 14.9 Å². The van der Waals surface area contributed by atoms with E-state index in [-0.39, 0.29) is 24.2 Å². The van der Waals surface area contributed by atoms with E-state index in [4.69, 9.17) is 5.26 Å². The van der Waals surface area contributed by atoms with Gasteiger partial charge in [-0.15, -0.1) is 0 Å². The number of carbonyl (C=O) groups excluding carboxylic acids is 2. The van der Waals surface area contributed by atoms with Gasteiger partial charge in [0.25, 0.3) is 0 Å². The molecule has 0 spiro atoms. The fourth-order valence-electron chi connectivity index (χ4n) is 1.41. The van der Waals surface area contributed by atoms with Crippen LogP contribution in [-0.4, -0.2) is 29.8 Å². The highest BCUT2D eigenvalue weighted by molar-refractivity contribution is 5.89. The topological polar surface area (TPSA) is 73.2 Å². The van der Waals surface area contributed by atoms with Crippen molar-refractivity contribution in [1.82, 2.24) is 10.2 Å².